The molecule has 0 unspecified atom stereocenters. The maximum Gasteiger partial charge on any atom is 0.233 e. The highest BCUT2D eigenvalue weighted by molar-refractivity contribution is 6.16. The summed E-state index contributed by atoms with van der Waals surface area (Å²) in [5.74, 6) is 0.926. The molecule has 0 amide bonds. The average Bonchev–Trinajstić information content (AvgIpc) is 2.19. The molecule has 14 heavy (non-hydrogen) atoms. The topological polar surface area (TPSA) is 35.0 Å². The number of hydrogen-bond donors (Lipinski definition) is 0. The van der Waals surface area contributed by atoms with Crippen molar-refractivity contribution in [3.05, 3.63) is 17.8 Å². The van der Waals surface area contributed by atoms with Crippen molar-refractivity contribution in [2.75, 3.05) is 0 Å². The second kappa shape index (κ2) is 4.60. The molecule has 1 rings (SSSR count). The average molecular weight is 215 g/mol. The molecule has 0 fully saturated rings. The first-order chi connectivity index (χ1) is 6.57. The molecule has 0 aromatic carbocycles. The minimum absolute atomic E-state index is 0.197. The third kappa shape index (κ3) is 3.14. The normalized spacial score (nSPS) is 11.4. The van der Waals surface area contributed by atoms with Gasteiger partial charge in [0.1, 0.15) is 5.60 Å². The highest BCUT2D eigenvalue weighted by Crippen LogP contribution is 2.17. The van der Waals surface area contributed by atoms with Crippen LogP contribution >= 0.6 is 11.6 Å². The third-order valence-corrected chi connectivity index (χ3v) is 2.34. The molecule has 0 saturated carbocycles. The number of aromatic nitrogens is 2. The summed E-state index contributed by atoms with van der Waals surface area (Å²) in [6.07, 6.45) is 0.923. The lowest BCUT2D eigenvalue weighted by atomic mass is 10.1. The van der Waals surface area contributed by atoms with Gasteiger partial charge in [-0.2, -0.15) is 5.10 Å². The van der Waals surface area contributed by atoms with Gasteiger partial charge in [-0.15, -0.1) is 16.7 Å². The van der Waals surface area contributed by atoms with E-state index in [9.17, 15) is 0 Å². The van der Waals surface area contributed by atoms with Gasteiger partial charge < -0.3 is 4.74 Å². The van der Waals surface area contributed by atoms with Crippen LogP contribution in [0.3, 0.4) is 0 Å². The standard InChI is InChI=1S/C10H15ClN2O/c1-4-10(2,3)14-9-6-5-8(7-11)12-13-9/h5-6H,4,7H2,1-3H3. The van der Waals surface area contributed by atoms with Crippen LogP contribution in [-0.2, 0) is 5.88 Å². The van der Waals surface area contributed by atoms with E-state index in [1.807, 2.05) is 19.9 Å². The van der Waals surface area contributed by atoms with E-state index in [-0.39, 0.29) is 5.60 Å². The molecule has 0 bridgehead atoms. The summed E-state index contributed by atoms with van der Waals surface area (Å²) in [6, 6.07) is 3.61. The number of halogens is 1. The fourth-order valence-electron chi connectivity index (χ4n) is 0.829. The molecular weight excluding hydrogens is 200 g/mol. The zero-order valence-electron chi connectivity index (χ0n) is 8.75. The maximum atomic E-state index is 5.63. The lowest BCUT2D eigenvalue weighted by molar-refractivity contribution is 0.0975. The molecule has 1 aromatic heterocycles. The molecule has 1 aromatic rings. The quantitative estimate of drug-likeness (QED) is 0.723. The van der Waals surface area contributed by atoms with Crippen LogP contribution in [0.1, 0.15) is 32.9 Å². The Balaban J connectivity index is 2.69. The maximum absolute atomic E-state index is 5.63. The fraction of sp³-hybridized carbons (Fsp3) is 0.600. The smallest absolute Gasteiger partial charge is 0.233 e. The van der Waals surface area contributed by atoms with Crippen LogP contribution in [0, 0.1) is 0 Å². The Bertz CT molecular complexity index is 285. The van der Waals surface area contributed by atoms with Crippen LogP contribution in [0.15, 0.2) is 12.1 Å². The van der Waals surface area contributed by atoms with Crippen LogP contribution in [0.2, 0.25) is 0 Å². The van der Waals surface area contributed by atoms with E-state index in [0.717, 1.165) is 12.1 Å². The number of hydrogen-bond acceptors (Lipinski definition) is 3. The zero-order chi connectivity index (χ0) is 10.6. The van der Waals surface area contributed by atoms with Crippen LogP contribution < -0.4 is 4.74 Å². The van der Waals surface area contributed by atoms with Crippen molar-refractivity contribution in [3.63, 3.8) is 0 Å². The van der Waals surface area contributed by atoms with Crippen LogP contribution in [0.25, 0.3) is 0 Å². The molecule has 0 atom stereocenters. The minimum Gasteiger partial charge on any atom is -0.471 e. The Hall–Kier alpha value is -0.830. The van der Waals surface area contributed by atoms with E-state index in [1.165, 1.54) is 0 Å². The Kier molecular flexibility index (Phi) is 3.69. The summed E-state index contributed by atoms with van der Waals surface area (Å²) in [5.41, 5.74) is 0.560. The molecule has 0 saturated heterocycles. The summed E-state index contributed by atoms with van der Waals surface area (Å²) in [6.45, 7) is 6.11. The minimum atomic E-state index is -0.197. The molecular formula is C10H15ClN2O. The number of alkyl halides is 1. The van der Waals surface area contributed by atoms with Crippen molar-refractivity contribution < 1.29 is 4.74 Å². The third-order valence-electron chi connectivity index (χ3n) is 2.06. The summed E-state index contributed by atoms with van der Waals surface area (Å²) < 4.78 is 5.63. The van der Waals surface area contributed by atoms with Gasteiger partial charge in [0, 0.05) is 6.07 Å². The highest BCUT2D eigenvalue weighted by atomic mass is 35.5. The molecule has 0 N–H and O–H groups in total. The van der Waals surface area contributed by atoms with Gasteiger partial charge in [-0.25, -0.2) is 0 Å². The van der Waals surface area contributed by atoms with Gasteiger partial charge in [0.2, 0.25) is 5.88 Å². The predicted molar refractivity (Wildman–Crippen MR) is 56.6 cm³/mol. The first kappa shape index (κ1) is 11.2. The Labute approximate surface area is 89.4 Å². The largest absolute Gasteiger partial charge is 0.471 e. The van der Waals surface area contributed by atoms with E-state index in [4.69, 9.17) is 16.3 Å². The summed E-state index contributed by atoms with van der Waals surface area (Å²) in [7, 11) is 0. The van der Waals surface area contributed by atoms with E-state index in [2.05, 4.69) is 17.1 Å². The summed E-state index contributed by atoms with van der Waals surface area (Å²) in [5, 5.41) is 7.83. The van der Waals surface area contributed by atoms with Crippen molar-refractivity contribution >= 4 is 11.6 Å². The molecule has 78 valence electrons. The van der Waals surface area contributed by atoms with Gasteiger partial charge in [-0.05, 0) is 26.3 Å². The molecule has 0 aliphatic heterocycles. The molecule has 4 heteroatoms. The van der Waals surface area contributed by atoms with Gasteiger partial charge >= 0.3 is 0 Å². The molecule has 0 spiro atoms. The zero-order valence-corrected chi connectivity index (χ0v) is 9.51. The van der Waals surface area contributed by atoms with Crippen LogP contribution in [0.5, 0.6) is 5.88 Å². The number of nitrogens with zero attached hydrogens (tertiary/aromatic N) is 2. The second-order valence-electron chi connectivity index (χ2n) is 3.71. The molecule has 0 radical (unpaired) electrons. The summed E-state index contributed by atoms with van der Waals surface area (Å²) in [4.78, 5) is 0. The number of ether oxygens (including phenoxy) is 1. The molecule has 0 aliphatic carbocycles. The monoisotopic (exact) mass is 214 g/mol. The lowest BCUT2D eigenvalue weighted by Crippen LogP contribution is -2.27. The molecule has 1 heterocycles. The van der Waals surface area contributed by atoms with Crippen LogP contribution in [-0.4, -0.2) is 15.8 Å². The van der Waals surface area contributed by atoms with Gasteiger partial charge in [0.15, 0.2) is 0 Å². The Morgan fingerprint density at radius 1 is 1.36 bits per heavy atom. The Morgan fingerprint density at radius 2 is 2.07 bits per heavy atom. The molecule has 0 aliphatic rings. The fourth-order valence-corrected chi connectivity index (χ4v) is 0.971. The van der Waals surface area contributed by atoms with E-state index >= 15 is 0 Å². The van der Waals surface area contributed by atoms with E-state index < -0.39 is 0 Å². The van der Waals surface area contributed by atoms with Gasteiger partial charge in [0.25, 0.3) is 0 Å². The predicted octanol–water partition coefficient (Wildman–Crippen LogP) is 2.78. The van der Waals surface area contributed by atoms with E-state index in [0.29, 0.717) is 11.8 Å². The first-order valence-electron chi connectivity index (χ1n) is 4.65. The Morgan fingerprint density at radius 3 is 2.50 bits per heavy atom. The summed E-state index contributed by atoms with van der Waals surface area (Å²) >= 11 is 5.60. The van der Waals surface area contributed by atoms with Gasteiger partial charge in [-0.1, -0.05) is 6.92 Å². The number of rotatable bonds is 4. The van der Waals surface area contributed by atoms with Crippen molar-refractivity contribution in [3.8, 4) is 5.88 Å². The van der Waals surface area contributed by atoms with E-state index in [1.54, 1.807) is 6.07 Å². The van der Waals surface area contributed by atoms with Gasteiger partial charge in [0.05, 0.1) is 11.6 Å². The molecule has 3 nitrogen and oxygen atoms in total. The van der Waals surface area contributed by atoms with Crippen LogP contribution in [0.4, 0.5) is 0 Å². The second-order valence-corrected chi connectivity index (χ2v) is 3.98. The van der Waals surface area contributed by atoms with Crippen molar-refractivity contribution in [1.29, 1.82) is 0 Å². The SMILES string of the molecule is CCC(C)(C)Oc1ccc(CCl)nn1. The van der Waals surface area contributed by atoms with Crippen molar-refractivity contribution in [2.45, 2.75) is 38.7 Å². The van der Waals surface area contributed by atoms with Crippen molar-refractivity contribution in [1.82, 2.24) is 10.2 Å². The van der Waals surface area contributed by atoms with Crippen molar-refractivity contribution in [2.24, 2.45) is 0 Å². The lowest BCUT2D eigenvalue weighted by Gasteiger charge is -2.23. The van der Waals surface area contributed by atoms with Gasteiger partial charge in [-0.3, -0.25) is 0 Å². The first-order valence-corrected chi connectivity index (χ1v) is 5.18. The highest BCUT2D eigenvalue weighted by Gasteiger charge is 2.17.